The molecule has 7 heteroatoms. The van der Waals surface area contributed by atoms with Crippen molar-refractivity contribution in [3.05, 3.63) is 65.5 Å². The molecule has 0 saturated heterocycles. The molecule has 1 aromatic heterocycles. The van der Waals surface area contributed by atoms with Crippen LogP contribution in [0.25, 0.3) is 0 Å². The van der Waals surface area contributed by atoms with Gasteiger partial charge in [-0.15, -0.1) is 0 Å². The number of benzene rings is 1. The molecule has 6 nitrogen and oxygen atoms in total. The summed E-state index contributed by atoms with van der Waals surface area (Å²) >= 11 is 0. The second-order valence-electron chi connectivity index (χ2n) is 4.66. The van der Waals surface area contributed by atoms with Crippen LogP contribution in [0.4, 0.5) is 0 Å². The Morgan fingerprint density at radius 3 is 2.50 bits per heavy atom. The smallest absolute Gasteiger partial charge is 0.253 e. The number of pyridine rings is 1. The van der Waals surface area contributed by atoms with Gasteiger partial charge in [-0.3, -0.25) is 9.78 Å². The van der Waals surface area contributed by atoms with Crippen molar-refractivity contribution < 1.29 is 13.2 Å². The summed E-state index contributed by atoms with van der Waals surface area (Å²) in [6, 6.07) is 10.5. The minimum absolute atomic E-state index is 0.123. The Hall–Kier alpha value is -2.25. The Morgan fingerprint density at radius 1 is 1.14 bits per heavy atom. The maximum atomic E-state index is 12.0. The number of sulfonamides is 1. The summed E-state index contributed by atoms with van der Waals surface area (Å²) in [6.45, 7) is 0.253. The van der Waals surface area contributed by atoms with Gasteiger partial charge in [-0.05, 0) is 30.3 Å². The van der Waals surface area contributed by atoms with Gasteiger partial charge in [0.1, 0.15) is 0 Å². The molecule has 1 amide bonds. The molecule has 0 unspecified atom stereocenters. The molecule has 0 fully saturated rings. The van der Waals surface area contributed by atoms with Gasteiger partial charge >= 0.3 is 0 Å². The normalized spacial score (nSPS) is 11.1. The van der Waals surface area contributed by atoms with Crippen LogP contribution < -0.4 is 10.0 Å². The van der Waals surface area contributed by atoms with E-state index in [-0.39, 0.29) is 18.2 Å². The Bertz CT molecular complexity index is 746. The molecule has 0 aliphatic heterocycles. The molecule has 2 N–H and O–H groups in total. The summed E-state index contributed by atoms with van der Waals surface area (Å²) in [5.74, 6) is -0.373. The van der Waals surface area contributed by atoms with Gasteiger partial charge in [0.05, 0.1) is 11.3 Å². The van der Waals surface area contributed by atoms with Crippen molar-refractivity contribution in [2.45, 2.75) is 12.3 Å². The summed E-state index contributed by atoms with van der Waals surface area (Å²) in [4.78, 5) is 15.9. The minimum Gasteiger partial charge on any atom is -0.348 e. The fraction of sp³-hybridized carbons (Fsp3) is 0.200. The van der Waals surface area contributed by atoms with Gasteiger partial charge in [0.2, 0.25) is 10.0 Å². The van der Waals surface area contributed by atoms with Crippen LogP contribution in [0.1, 0.15) is 21.5 Å². The van der Waals surface area contributed by atoms with E-state index in [2.05, 4.69) is 15.0 Å². The van der Waals surface area contributed by atoms with Gasteiger partial charge in [0.15, 0.2) is 0 Å². The van der Waals surface area contributed by atoms with E-state index in [1.54, 1.807) is 42.6 Å². The lowest BCUT2D eigenvalue weighted by Crippen LogP contribution is -2.25. The molecule has 0 saturated carbocycles. The van der Waals surface area contributed by atoms with Gasteiger partial charge in [0.25, 0.3) is 5.91 Å². The number of hydrogen-bond donors (Lipinski definition) is 2. The van der Waals surface area contributed by atoms with Crippen LogP contribution in [0, 0.1) is 0 Å². The lowest BCUT2D eigenvalue weighted by Gasteiger charge is -2.11. The average molecular weight is 319 g/mol. The predicted molar refractivity (Wildman–Crippen MR) is 83.5 cm³/mol. The third-order valence-corrected chi connectivity index (χ3v) is 4.45. The molecule has 2 rings (SSSR count). The largest absolute Gasteiger partial charge is 0.348 e. The maximum Gasteiger partial charge on any atom is 0.253 e. The second kappa shape index (κ2) is 7.15. The van der Waals surface area contributed by atoms with Gasteiger partial charge in [-0.1, -0.05) is 24.3 Å². The Kier molecular flexibility index (Phi) is 5.24. The molecule has 0 radical (unpaired) electrons. The van der Waals surface area contributed by atoms with E-state index in [0.29, 0.717) is 11.1 Å². The van der Waals surface area contributed by atoms with Crippen molar-refractivity contribution in [2.75, 3.05) is 7.05 Å². The van der Waals surface area contributed by atoms with Crippen molar-refractivity contribution in [3.63, 3.8) is 0 Å². The number of nitrogens with zero attached hydrogens (tertiary/aromatic N) is 1. The number of carbonyl (C=O) groups excluding carboxylic acids is 1. The first-order chi connectivity index (χ1) is 10.5. The molecule has 2 aromatic rings. The third-order valence-electron chi connectivity index (χ3n) is 3.14. The van der Waals surface area contributed by atoms with Crippen molar-refractivity contribution in [1.82, 2.24) is 15.0 Å². The summed E-state index contributed by atoms with van der Waals surface area (Å²) in [5, 5.41) is 2.77. The Labute approximate surface area is 129 Å². The Morgan fingerprint density at radius 2 is 1.86 bits per heavy atom. The van der Waals surface area contributed by atoms with Crippen LogP contribution in [0.2, 0.25) is 0 Å². The van der Waals surface area contributed by atoms with Crippen LogP contribution in [0.5, 0.6) is 0 Å². The van der Waals surface area contributed by atoms with Gasteiger partial charge < -0.3 is 5.32 Å². The highest BCUT2D eigenvalue weighted by atomic mass is 32.2. The molecule has 0 aliphatic rings. The van der Waals surface area contributed by atoms with Crippen LogP contribution >= 0.6 is 0 Å². The molecule has 22 heavy (non-hydrogen) atoms. The average Bonchev–Trinajstić information content (AvgIpc) is 2.54. The zero-order valence-corrected chi connectivity index (χ0v) is 12.9. The first-order valence-corrected chi connectivity index (χ1v) is 8.33. The molecule has 116 valence electrons. The minimum atomic E-state index is -3.36. The topological polar surface area (TPSA) is 88.2 Å². The summed E-state index contributed by atoms with van der Waals surface area (Å²) < 4.78 is 25.6. The summed E-state index contributed by atoms with van der Waals surface area (Å²) in [7, 11) is -1.98. The molecule has 0 bridgehead atoms. The molecular formula is C15H17N3O3S. The molecule has 0 atom stereocenters. The molecule has 1 aromatic carbocycles. The first kappa shape index (κ1) is 16.1. The van der Waals surface area contributed by atoms with Gasteiger partial charge in [-0.2, -0.15) is 0 Å². The fourth-order valence-electron chi connectivity index (χ4n) is 1.92. The van der Waals surface area contributed by atoms with Crippen molar-refractivity contribution in [2.24, 2.45) is 0 Å². The van der Waals surface area contributed by atoms with E-state index in [0.717, 1.165) is 5.56 Å². The Balaban J connectivity index is 2.09. The summed E-state index contributed by atoms with van der Waals surface area (Å²) in [6.07, 6.45) is 3.07. The highest BCUT2D eigenvalue weighted by Crippen LogP contribution is 2.12. The van der Waals surface area contributed by atoms with Crippen molar-refractivity contribution in [3.8, 4) is 0 Å². The maximum absolute atomic E-state index is 12.0. The number of nitrogens with one attached hydrogen (secondary N) is 2. The van der Waals surface area contributed by atoms with Crippen LogP contribution in [0.3, 0.4) is 0 Å². The molecular weight excluding hydrogens is 302 g/mol. The number of rotatable bonds is 6. The number of carbonyl (C=O) groups is 1. The van der Waals surface area contributed by atoms with Crippen LogP contribution in [-0.2, 0) is 22.3 Å². The number of hydrogen-bond acceptors (Lipinski definition) is 4. The second-order valence-corrected chi connectivity index (χ2v) is 6.58. The third kappa shape index (κ3) is 4.37. The standard InChI is InChI=1S/C15H17N3O3S/c1-16-22(20,21)11-14-6-3-2-5-12(14)10-18-15(19)13-7-4-8-17-9-13/h2-9,16H,10-11H2,1H3,(H,18,19). The highest BCUT2D eigenvalue weighted by molar-refractivity contribution is 7.88. The predicted octanol–water partition coefficient (Wildman–Crippen LogP) is 1.06. The zero-order chi connectivity index (χ0) is 16.0. The first-order valence-electron chi connectivity index (χ1n) is 6.68. The molecule has 1 heterocycles. The highest BCUT2D eigenvalue weighted by Gasteiger charge is 2.12. The summed E-state index contributed by atoms with van der Waals surface area (Å²) in [5.41, 5.74) is 1.88. The van der Waals surface area contributed by atoms with E-state index in [9.17, 15) is 13.2 Å². The quantitative estimate of drug-likeness (QED) is 0.833. The SMILES string of the molecule is CNS(=O)(=O)Cc1ccccc1CNC(=O)c1cccnc1. The van der Waals surface area contributed by atoms with E-state index in [1.807, 2.05) is 0 Å². The van der Waals surface area contributed by atoms with Crippen LogP contribution in [-0.4, -0.2) is 26.4 Å². The van der Waals surface area contributed by atoms with Gasteiger partial charge in [-0.25, -0.2) is 13.1 Å². The monoisotopic (exact) mass is 319 g/mol. The lowest BCUT2D eigenvalue weighted by atomic mass is 10.1. The van der Waals surface area contributed by atoms with E-state index in [1.165, 1.54) is 13.2 Å². The fourth-order valence-corrected chi connectivity index (χ4v) is 2.76. The van der Waals surface area contributed by atoms with Crippen LogP contribution in [0.15, 0.2) is 48.8 Å². The molecule has 0 spiro atoms. The number of aromatic nitrogens is 1. The number of amides is 1. The van der Waals surface area contributed by atoms with Crippen molar-refractivity contribution >= 4 is 15.9 Å². The van der Waals surface area contributed by atoms with E-state index >= 15 is 0 Å². The molecule has 0 aliphatic carbocycles. The lowest BCUT2D eigenvalue weighted by molar-refractivity contribution is 0.0950. The zero-order valence-electron chi connectivity index (χ0n) is 12.1. The van der Waals surface area contributed by atoms with E-state index in [4.69, 9.17) is 0 Å². The van der Waals surface area contributed by atoms with E-state index < -0.39 is 10.0 Å². The van der Waals surface area contributed by atoms with Crippen molar-refractivity contribution in [1.29, 1.82) is 0 Å². The van der Waals surface area contributed by atoms with Gasteiger partial charge in [0, 0.05) is 18.9 Å².